The minimum Gasteiger partial charge on any atom is -0.0758 e. The number of rotatable bonds is 2. The Morgan fingerprint density at radius 3 is 2.52 bits per heavy atom. The van der Waals surface area contributed by atoms with Crippen LogP contribution in [0.15, 0.2) is 58.6 Å². The van der Waals surface area contributed by atoms with E-state index in [0.717, 1.165) is 0 Å². The molecular weight excluding hydrogens is 344 g/mol. The average Bonchev–Trinajstić information content (AvgIpc) is 3.09. The Hall–Kier alpha value is -1.60. The Morgan fingerprint density at radius 1 is 0.957 bits per heavy atom. The summed E-state index contributed by atoms with van der Waals surface area (Å²) in [6, 6.07) is 15.4. The molecule has 2 aliphatic carbocycles. The molecule has 2 aliphatic rings. The lowest BCUT2D eigenvalue weighted by Gasteiger charge is -2.39. The van der Waals surface area contributed by atoms with Gasteiger partial charge in [0, 0.05) is 16.3 Å². The Bertz CT molecular complexity index is 839. The van der Waals surface area contributed by atoms with Crippen molar-refractivity contribution in [3.63, 3.8) is 0 Å². The molecule has 116 valence electrons. The van der Waals surface area contributed by atoms with E-state index in [2.05, 4.69) is 97.4 Å². The first-order valence-corrected chi connectivity index (χ1v) is 9.03. The molecule has 0 aliphatic heterocycles. The molecule has 2 unspecified atom stereocenters. The molecule has 0 heterocycles. The van der Waals surface area contributed by atoms with E-state index in [1.54, 1.807) is 0 Å². The van der Waals surface area contributed by atoms with Crippen LogP contribution in [0.25, 0.3) is 12.2 Å². The van der Waals surface area contributed by atoms with Gasteiger partial charge >= 0.3 is 0 Å². The maximum atomic E-state index is 3.72. The number of benzene rings is 2. The zero-order chi connectivity index (χ0) is 16.2. The Morgan fingerprint density at radius 2 is 1.70 bits per heavy atom. The van der Waals surface area contributed by atoms with Gasteiger partial charge in [0.05, 0.1) is 0 Å². The predicted octanol–water partition coefficient (Wildman–Crippen LogP) is 6.79. The lowest BCUT2D eigenvalue weighted by molar-refractivity contribution is 0.283. The summed E-state index contributed by atoms with van der Waals surface area (Å²) in [5.41, 5.74) is 7.26. The first-order chi connectivity index (χ1) is 11.0. The quantitative estimate of drug-likeness (QED) is 0.550. The van der Waals surface area contributed by atoms with Crippen LogP contribution in [-0.4, -0.2) is 0 Å². The summed E-state index contributed by atoms with van der Waals surface area (Å²) in [7, 11) is 0. The standard InChI is InChI=1S/C22H21Br/c1-14-13-18-17(9-6-10-20(18)23)21(14)22(2,3)19-12-11-15-7-4-5-8-16(15)19/h4-13,19,21H,1-3H3. The van der Waals surface area contributed by atoms with Crippen LogP contribution < -0.4 is 0 Å². The van der Waals surface area contributed by atoms with Gasteiger partial charge in [0.25, 0.3) is 0 Å². The maximum absolute atomic E-state index is 3.72. The molecule has 2 aromatic carbocycles. The van der Waals surface area contributed by atoms with Crippen molar-refractivity contribution in [1.82, 2.24) is 0 Å². The van der Waals surface area contributed by atoms with E-state index in [9.17, 15) is 0 Å². The van der Waals surface area contributed by atoms with Crippen molar-refractivity contribution in [2.24, 2.45) is 5.41 Å². The number of halogens is 1. The summed E-state index contributed by atoms with van der Waals surface area (Å²) < 4.78 is 1.20. The van der Waals surface area contributed by atoms with Crippen LogP contribution in [0.5, 0.6) is 0 Å². The summed E-state index contributed by atoms with van der Waals surface area (Å²) >= 11 is 3.72. The van der Waals surface area contributed by atoms with E-state index in [-0.39, 0.29) is 5.41 Å². The first-order valence-electron chi connectivity index (χ1n) is 8.24. The molecule has 0 fully saturated rings. The number of hydrogen-bond donors (Lipinski definition) is 0. The fourth-order valence-electron chi connectivity index (χ4n) is 4.58. The molecule has 0 N–H and O–H groups in total. The van der Waals surface area contributed by atoms with Gasteiger partial charge in [-0.1, -0.05) is 90.0 Å². The lowest BCUT2D eigenvalue weighted by atomic mass is 9.64. The molecule has 0 saturated carbocycles. The van der Waals surface area contributed by atoms with Gasteiger partial charge in [0.2, 0.25) is 0 Å². The topological polar surface area (TPSA) is 0 Å². The van der Waals surface area contributed by atoms with Crippen molar-refractivity contribution in [2.75, 3.05) is 0 Å². The zero-order valence-electron chi connectivity index (χ0n) is 13.8. The van der Waals surface area contributed by atoms with Crippen molar-refractivity contribution in [1.29, 1.82) is 0 Å². The van der Waals surface area contributed by atoms with Crippen molar-refractivity contribution >= 4 is 28.1 Å². The van der Waals surface area contributed by atoms with Crippen LogP contribution in [0.2, 0.25) is 0 Å². The monoisotopic (exact) mass is 364 g/mol. The van der Waals surface area contributed by atoms with E-state index in [1.807, 2.05) is 0 Å². The zero-order valence-corrected chi connectivity index (χ0v) is 15.4. The molecular formula is C22H21Br. The summed E-state index contributed by atoms with van der Waals surface area (Å²) in [6.45, 7) is 7.12. The third kappa shape index (κ3) is 2.17. The molecule has 4 rings (SSSR count). The molecule has 0 bridgehead atoms. The highest BCUT2D eigenvalue weighted by Gasteiger charge is 2.43. The Balaban J connectivity index is 1.81. The van der Waals surface area contributed by atoms with Crippen LogP contribution in [-0.2, 0) is 0 Å². The predicted molar refractivity (Wildman–Crippen MR) is 103 cm³/mol. The molecule has 2 atom stereocenters. The lowest BCUT2D eigenvalue weighted by Crippen LogP contribution is -2.28. The normalized spacial score (nSPS) is 22.0. The number of hydrogen-bond acceptors (Lipinski definition) is 0. The summed E-state index contributed by atoms with van der Waals surface area (Å²) in [6.07, 6.45) is 7.04. The third-order valence-corrected chi connectivity index (χ3v) is 6.26. The molecule has 2 aromatic rings. The van der Waals surface area contributed by atoms with E-state index in [1.165, 1.54) is 32.3 Å². The molecule has 0 aromatic heterocycles. The second-order valence-corrected chi connectivity index (χ2v) is 8.21. The third-order valence-electron chi connectivity index (χ3n) is 5.57. The van der Waals surface area contributed by atoms with Crippen LogP contribution >= 0.6 is 15.9 Å². The molecule has 23 heavy (non-hydrogen) atoms. The molecule has 0 radical (unpaired) electrons. The summed E-state index contributed by atoms with van der Waals surface area (Å²) in [5.74, 6) is 0.910. The average molecular weight is 365 g/mol. The fraction of sp³-hybridized carbons (Fsp3) is 0.273. The van der Waals surface area contributed by atoms with Crippen molar-refractivity contribution < 1.29 is 0 Å². The molecule has 0 nitrogen and oxygen atoms in total. The second kappa shape index (κ2) is 5.21. The minimum absolute atomic E-state index is 0.135. The van der Waals surface area contributed by atoms with Crippen LogP contribution in [0.3, 0.4) is 0 Å². The van der Waals surface area contributed by atoms with E-state index >= 15 is 0 Å². The largest absolute Gasteiger partial charge is 0.0758 e. The van der Waals surface area contributed by atoms with Gasteiger partial charge in [0.1, 0.15) is 0 Å². The molecule has 0 spiro atoms. The molecule has 0 saturated heterocycles. The van der Waals surface area contributed by atoms with Gasteiger partial charge in [0.15, 0.2) is 0 Å². The molecule has 1 heteroatoms. The van der Waals surface area contributed by atoms with Crippen molar-refractivity contribution in [3.8, 4) is 0 Å². The van der Waals surface area contributed by atoms with Crippen molar-refractivity contribution in [2.45, 2.75) is 32.6 Å². The van der Waals surface area contributed by atoms with Crippen LogP contribution in [0.1, 0.15) is 54.9 Å². The SMILES string of the molecule is CC1=Cc2c(Br)cccc2C1C(C)(C)C1C=Cc2ccccc21. The van der Waals surface area contributed by atoms with Gasteiger partial charge in [-0.3, -0.25) is 0 Å². The highest BCUT2D eigenvalue weighted by atomic mass is 79.9. The van der Waals surface area contributed by atoms with E-state index in [0.29, 0.717) is 11.8 Å². The van der Waals surface area contributed by atoms with Gasteiger partial charge in [-0.15, -0.1) is 0 Å². The smallest absolute Gasteiger partial charge is 0.0250 e. The fourth-order valence-corrected chi connectivity index (χ4v) is 5.08. The number of fused-ring (bicyclic) bond motifs is 2. The van der Waals surface area contributed by atoms with Crippen LogP contribution in [0.4, 0.5) is 0 Å². The second-order valence-electron chi connectivity index (χ2n) is 7.35. The molecule has 0 amide bonds. The minimum atomic E-state index is 0.135. The van der Waals surface area contributed by atoms with Crippen LogP contribution in [0, 0.1) is 5.41 Å². The maximum Gasteiger partial charge on any atom is 0.0250 e. The first kappa shape index (κ1) is 15.0. The summed E-state index contributed by atoms with van der Waals surface area (Å²) in [4.78, 5) is 0. The Labute approximate surface area is 147 Å². The van der Waals surface area contributed by atoms with E-state index < -0.39 is 0 Å². The van der Waals surface area contributed by atoms with Gasteiger partial charge < -0.3 is 0 Å². The van der Waals surface area contributed by atoms with Gasteiger partial charge in [-0.05, 0) is 40.7 Å². The van der Waals surface area contributed by atoms with E-state index in [4.69, 9.17) is 0 Å². The summed E-state index contributed by atoms with van der Waals surface area (Å²) in [5, 5.41) is 0. The highest BCUT2D eigenvalue weighted by Crippen LogP contribution is 2.56. The highest BCUT2D eigenvalue weighted by molar-refractivity contribution is 9.10. The van der Waals surface area contributed by atoms with Crippen molar-refractivity contribution in [3.05, 3.63) is 80.8 Å². The Kier molecular flexibility index (Phi) is 3.39. The van der Waals surface area contributed by atoms with Gasteiger partial charge in [-0.2, -0.15) is 0 Å². The number of allylic oxidation sites excluding steroid dienone is 2. The van der Waals surface area contributed by atoms with Gasteiger partial charge in [-0.25, -0.2) is 0 Å².